The quantitative estimate of drug-likeness (QED) is 0.650. The Morgan fingerprint density at radius 1 is 1.39 bits per heavy atom. The molecule has 18 heavy (non-hydrogen) atoms. The van der Waals surface area contributed by atoms with Gasteiger partial charge in [-0.3, -0.25) is 4.79 Å². The molecule has 1 aliphatic rings. The van der Waals surface area contributed by atoms with Gasteiger partial charge in [0.2, 0.25) is 6.54 Å². The van der Waals surface area contributed by atoms with E-state index in [2.05, 4.69) is 5.43 Å². The summed E-state index contributed by atoms with van der Waals surface area (Å²) in [5.74, 6) is -0.279. The molecule has 1 saturated heterocycles. The number of nitrogens with one attached hydrogen (secondary N) is 1. The number of nitrogens with zero attached hydrogens (tertiary/aromatic N) is 2. The number of allylic oxidation sites excluding steroid dienone is 1. The molecule has 0 aliphatic carbocycles. The van der Waals surface area contributed by atoms with Crippen LogP contribution < -0.4 is 5.43 Å². The first kappa shape index (κ1) is 12.3. The van der Waals surface area contributed by atoms with Crippen molar-refractivity contribution in [1.29, 1.82) is 0 Å². The molecule has 0 bridgehead atoms. The van der Waals surface area contributed by atoms with Crippen LogP contribution in [0.4, 0.5) is 0 Å². The average Bonchev–Trinajstić information content (AvgIpc) is 2.76. The molecule has 0 radical (unpaired) electrons. The van der Waals surface area contributed by atoms with Crippen molar-refractivity contribution in [1.82, 2.24) is 10.5 Å². The third-order valence-corrected chi connectivity index (χ3v) is 2.80. The molecule has 5 heteroatoms. The number of carbonyl (C=O) groups excluding carboxylic acids is 1. The van der Waals surface area contributed by atoms with Crippen molar-refractivity contribution in [2.75, 3.05) is 13.1 Å². The second kappa shape index (κ2) is 5.44. The lowest BCUT2D eigenvalue weighted by atomic mass is 10.1. The van der Waals surface area contributed by atoms with E-state index in [0.717, 1.165) is 22.4 Å². The molecule has 1 aromatic carbocycles. The zero-order valence-electron chi connectivity index (χ0n) is 10.3. The summed E-state index contributed by atoms with van der Waals surface area (Å²) in [6.07, 6.45) is 2.27. The zero-order valence-corrected chi connectivity index (χ0v) is 10.3. The van der Waals surface area contributed by atoms with E-state index in [9.17, 15) is 9.70 Å². The van der Waals surface area contributed by atoms with Crippen LogP contribution in [-0.2, 0) is 4.79 Å². The molecule has 2 rings (SSSR count). The highest BCUT2D eigenvalue weighted by atomic mass is 16.3. The predicted molar refractivity (Wildman–Crippen MR) is 68.1 cm³/mol. The summed E-state index contributed by atoms with van der Waals surface area (Å²) in [5.41, 5.74) is 4.42. The summed E-state index contributed by atoms with van der Waals surface area (Å²) in [5, 5.41) is 1.30. The molecular formula is C13H16N3O2+. The SMILES string of the molecule is CC(=CC(=O)NN1CCC[N+]1=O)c1ccccc1. The van der Waals surface area contributed by atoms with Gasteiger partial charge in [-0.15, -0.1) is 0 Å². The van der Waals surface area contributed by atoms with Gasteiger partial charge < -0.3 is 0 Å². The van der Waals surface area contributed by atoms with E-state index < -0.39 is 0 Å². The van der Waals surface area contributed by atoms with Crippen molar-refractivity contribution in [3.05, 3.63) is 46.9 Å². The van der Waals surface area contributed by atoms with Crippen molar-refractivity contribution >= 4 is 11.5 Å². The van der Waals surface area contributed by atoms with Crippen LogP contribution in [0, 0.1) is 4.91 Å². The van der Waals surface area contributed by atoms with Gasteiger partial charge in [-0.1, -0.05) is 30.3 Å². The minimum absolute atomic E-state index is 0.279. The highest BCUT2D eigenvalue weighted by molar-refractivity contribution is 5.94. The van der Waals surface area contributed by atoms with Crippen molar-refractivity contribution < 1.29 is 9.66 Å². The molecule has 1 aromatic rings. The Kier molecular flexibility index (Phi) is 3.72. The first-order valence-electron chi connectivity index (χ1n) is 5.93. The third kappa shape index (κ3) is 2.94. The van der Waals surface area contributed by atoms with Crippen LogP contribution in [0.2, 0.25) is 0 Å². The van der Waals surface area contributed by atoms with Gasteiger partial charge in [0.1, 0.15) is 11.4 Å². The predicted octanol–water partition coefficient (Wildman–Crippen LogP) is 1.52. The first-order chi connectivity index (χ1) is 8.66. The number of hydrogen-bond donors (Lipinski definition) is 1. The van der Waals surface area contributed by atoms with Gasteiger partial charge in [-0.2, -0.15) is 0 Å². The Balaban J connectivity index is 2.00. The smallest absolute Gasteiger partial charge is 0.266 e. The number of amides is 1. The minimum atomic E-state index is -0.279. The van der Waals surface area contributed by atoms with Gasteiger partial charge in [0.05, 0.1) is 4.91 Å². The van der Waals surface area contributed by atoms with Crippen molar-refractivity contribution in [2.24, 2.45) is 0 Å². The monoisotopic (exact) mass is 246 g/mol. The molecule has 0 saturated carbocycles. The Hall–Kier alpha value is -2.17. The van der Waals surface area contributed by atoms with E-state index in [1.165, 1.54) is 11.2 Å². The molecule has 0 aromatic heterocycles. The fourth-order valence-corrected chi connectivity index (χ4v) is 1.84. The van der Waals surface area contributed by atoms with Gasteiger partial charge in [0, 0.05) is 12.5 Å². The third-order valence-electron chi connectivity index (χ3n) is 2.80. The number of rotatable bonds is 3. The fourth-order valence-electron chi connectivity index (χ4n) is 1.84. The Morgan fingerprint density at radius 3 is 2.72 bits per heavy atom. The lowest BCUT2D eigenvalue weighted by Crippen LogP contribution is -2.43. The molecule has 1 amide bonds. The Morgan fingerprint density at radius 2 is 2.11 bits per heavy atom. The molecule has 1 heterocycles. The summed E-state index contributed by atoms with van der Waals surface area (Å²) < 4.78 is 0. The molecule has 1 N–H and O–H groups in total. The topological polar surface area (TPSA) is 52.4 Å². The van der Waals surface area contributed by atoms with Crippen molar-refractivity contribution in [2.45, 2.75) is 13.3 Å². The van der Waals surface area contributed by atoms with E-state index in [-0.39, 0.29) is 5.91 Å². The number of hydrogen-bond acceptors (Lipinski definition) is 2. The number of nitroso groups, excluding NO2 is 1. The molecular weight excluding hydrogens is 230 g/mol. The molecule has 94 valence electrons. The standard InChI is InChI=1S/C13H15N3O2/c1-11(12-6-3-2-4-7-12)10-13(17)14-15-8-5-9-16(15)18/h2-4,6-7,10H,5,8-9H2,1H3/p+1. The molecule has 0 spiro atoms. The van der Waals surface area contributed by atoms with E-state index >= 15 is 0 Å². The zero-order chi connectivity index (χ0) is 13.0. The van der Waals surface area contributed by atoms with Crippen LogP contribution in [0.3, 0.4) is 0 Å². The molecule has 1 aliphatic heterocycles. The van der Waals surface area contributed by atoms with Crippen molar-refractivity contribution in [3.63, 3.8) is 0 Å². The Labute approximate surface area is 106 Å². The summed E-state index contributed by atoms with van der Waals surface area (Å²) >= 11 is 0. The van der Waals surface area contributed by atoms with Crippen LogP contribution >= 0.6 is 0 Å². The fraction of sp³-hybridized carbons (Fsp3) is 0.308. The Bertz CT molecular complexity index is 482. The maximum absolute atomic E-state index is 11.7. The van der Waals surface area contributed by atoms with Gasteiger partial charge in [-0.25, -0.2) is 5.43 Å². The number of hydrazine groups is 2. The first-order valence-corrected chi connectivity index (χ1v) is 5.93. The van der Waals surface area contributed by atoms with Gasteiger partial charge in [0.15, 0.2) is 0 Å². The van der Waals surface area contributed by atoms with Crippen molar-refractivity contribution in [3.8, 4) is 0 Å². The number of benzene rings is 1. The van der Waals surface area contributed by atoms with Crippen LogP contribution in [0.5, 0.6) is 0 Å². The molecule has 0 unspecified atom stereocenters. The van der Waals surface area contributed by atoms with Gasteiger partial charge >= 0.3 is 0 Å². The van der Waals surface area contributed by atoms with E-state index in [4.69, 9.17) is 0 Å². The van der Waals surface area contributed by atoms with E-state index in [0.29, 0.717) is 13.1 Å². The average molecular weight is 246 g/mol. The van der Waals surface area contributed by atoms with Gasteiger partial charge in [0.25, 0.3) is 5.91 Å². The summed E-state index contributed by atoms with van der Waals surface area (Å²) in [6.45, 7) is 2.86. The van der Waals surface area contributed by atoms with Crippen LogP contribution in [-0.4, -0.2) is 29.0 Å². The minimum Gasteiger partial charge on any atom is -0.268 e. The summed E-state index contributed by atoms with van der Waals surface area (Å²) in [6, 6.07) is 9.65. The van der Waals surface area contributed by atoms with Crippen LogP contribution in [0.1, 0.15) is 18.9 Å². The highest BCUT2D eigenvalue weighted by Gasteiger charge is 2.28. The van der Waals surface area contributed by atoms with E-state index in [1.54, 1.807) is 0 Å². The lowest BCUT2D eigenvalue weighted by Gasteiger charge is -2.07. The highest BCUT2D eigenvalue weighted by Crippen LogP contribution is 2.12. The second-order valence-corrected chi connectivity index (χ2v) is 4.22. The largest absolute Gasteiger partial charge is 0.268 e. The summed E-state index contributed by atoms with van der Waals surface area (Å²) in [4.78, 5) is 23.8. The lowest BCUT2D eigenvalue weighted by molar-refractivity contribution is -0.694. The maximum atomic E-state index is 11.7. The normalized spacial score (nSPS) is 15.9. The molecule has 5 nitrogen and oxygen atoms in total. The summed E-state index contributed by atoms with van der Waals surface area (Å²) in [7, 11) is 0. The van der Waals surface area contributed by atoms with Crippen LogP contribution in [0.15, 0.2) is 36.4 Å². The van der Waals surface area contributed by atoms with E-state index in [1.807, 2.05) is 37.3 Å². The number of carbonyl (C=O) groups is 1. The molecule has 0 atom stereocenters. The molecule has 1 fully saturated rings. The van der Waals surface area contributed by atoms with Crippen LogP contribution in [0.25, 0.3) is 5.57 Å². The second-order valence-electron chi connectivity index (χ2n) is 4.22. The van der Waals surface area contributed by atoms with Gasteiger partial charge in [-0.05, 0) is 23.2 Å². The maximum Gasteiger partial charge on any atom is 0.266 e.